The first-order chi connectivity index (χ1) is 11.5. The van der Waals surface area contributed by atoms with Crippen molar-refractivity contribution in [2.24, 2.45) is 5.92 Å². The zero-order valence-electron chi connectivity index (χ0n) is 13.2. The first-order valence-corrected chi connectivity index (χ1v) is 8.12. The number of amides is 1. The van der Waals surface area contributed by atoms with Crippen LogP contribution < -0.4 is 0 Å². The highest BCUT2D eigenvalue weighted by Gasteiger charge is 2.37. The van der Waals surface area contributed by atoms with Crippen molar-refractivity contribution in [3.05, 3.63) is 74.8 Å². The Balaban J connectivity index is 1.84. The van der Waals surface area contributed by atoms with E-state index in [9.17, 15) is 14.9 Å². The average Bonchev–Trinajstić information content (AvgIpc) is 3.41. The van der Waals surface area contributed by atoms with Crippen LogP contribution in [0.15, 0.2) is 48.5 Å². The lowest BCUT2D eigenvalue weighted by Gasteiger charge is -2.29. The smallest absolute Gasteiger partial charge is 0.269 e. The number of nitrogens with zero attached hydrogens (tertiary/aromatic N) is 2. The quantitative estimate of drug-likeness (QED) is 0.593. The third-order valence-electron chi connectivity index (χ3n) is 4.34. The molecule has 1 aliphatic carbocycles. The molecule has 5 nitrogen and oxygen atoms in total. The van der Waals surface area contributed by atoms with Crippen molar-refractivity contribution < 1.29 is 9.72 Å². The summed E-state index contributed by atoms with van der Waals surface area (Å²) in [6.07, 6.45) is 2.18. The summed E-state index contributed by atoms with van der Waals surface area (Å²) < 4.78 is 0. The number of nitro benzene ring substituents is 1. The molecule has 0 unspecified atom stereocenters. The highest BCUT2D eigenvalue weighted by Crippen LogP contribution is 2.44. The van der Waals surface area contributed by atoms with Crippen molar-refractivity contribution in [2.75, 3.05) is 7.05 Å². The van der Waals surface area contributed by atoms with Crippen LogP contribution in [-0.4, -0.2) is 22.8 Å². The standard InChI is InChI=1S/C18H17ClN2O3/c1-20(18(22)14-6-10-16(11-7-14)21(23)24)17(12-2-3-12)13-4-8-15(19)9-5-13/h4-12,17H,2-3H2,1H3/t17-/m1/s1. The third kappa shape index (κ3) is 3.41. The molecule has 6 heteroatoms. The van der Waals surface area contributed by atoms with Gasteiger partial charge < -0.3 is 4.90 Å². The molecule has 1 saturated carbocycles. The van der Waals surface area contributed by atoms with Crippen molar-refractivity contribution >= 4 is 23.2 Å². The summed E-state index contributed by atoms with van der Waals surface area (Å²) in [6.45, 7) is 0. The van der Waals surface area contributed by atoms with Crippen LogP contribution in [0, 0.1) is 16.0 Å². The van der Waals surface area contributed by atoms with E-state index in [1.165, 1.54) is 24.3 Å². The van der Waals surface area contributed by atoms with E-state index in [0.717, 1.165) is 18.4 Å². The number of carbonyl (C=O) groups is 1. The molecule has 0 aliphatic heterocycles. The SMILES string of the molecule is CN(C(=O)c1ccc([N+](=O)[O-])cc1)[C@@H](c1ccc(Cl)cc1)C1CC1. The predicted octanol–water partition coefficient (Wildman–Crippen LogP) is 4.47. The van der Waals surface area contributed by atoms with E-state index in [-0.39, 0.29) is 17.6 Å². The molecule has 2 aromatic carbocycles. The largest absolute Gasteiger partial charge is 0.334 e. The maximum absolute atomic E-state index is 12.8. The van der Waals surface area contributed by atoms with Gasteiger partial charge in [-0.25, -0.2) is 0 Å². The topological polar surface area (TPSA) is 63.5 Å². The zero-order valence-corrected chi connectivity index (χ0v) is 13.9. The van der Waals surface area contributed by atoms with E-state index in [2.05, 4.69) is 0 Å². The van der Waals surface area contributed by atoms with Gasteiger partial charge in [-0.15, -0.1) is 0 Å². The van der Waals surface area contributed by atoms with Crippen molar-refractivity contribution in [3.8, 4) is 0 Å². The number of halogens is 1. The number of hydrogen-bond acceptors (Lipinski definition) is 3. The molecule has 0 saturated heterocycles. The second-order valence-corrected chi connectivity index (χ2v) is 6.49. The van der Waals surface area contributed by atoms with Crippen LogP contribution in [0.2, 0.25) is 5.02 Å². The summed E-state index contributed by atoms with van der Waals surface area (Å²) in [4.78, 5) is 24.8. The Kier molecular flexibility index (Phi) is 4.53. The van der Waals surface area contributed by atoms with Gasteiger partial charge in [-0.3, -0.25) is 14.9 Å². The van der Waals surface area contributed by atoms with Gasteiger partial charge in [0.2, 0.25) is 0 Å². The first-order valence-electron chi connectivity index (χ1n) is 7.74. The van der Waals surface area contributed by atoms with Crippen molar-refractivity contribution in [2.45, 2.75) is 18.9 Å². The third-order valence-corrected chi connectivity index (χ3v) is 4.59. The Morgan fingerprint density at radius 1 is 1.17 bits per heavy atom. The number of non-ortho nitro benzene ring substituents is 1. The molecule has 0 heterocycles. The maximum atomic E-state index is 12.8. The van der Waals surface area contributed by atoms with Gasteiger partial charge in [0, 0.05) is 29.8 Å². The van der Waals surface area contributed by atoms with Gasteiger partial charge in [-0.05, 0) is 48.6 Å². The summed E-state index contributed by atoms with van der Waals surface area (Å²) in [5, 5.41) is 11.4. The average molecular weight is 345 g/mol. The van der Waals surface area contributed by atoms with Gasteiger partial charge in [0.05, 0.1) is 11.0 Å². The predicted molar refractivity (Wildman–Crippen MR) is 92.1 cm³/mol. The van der Waals surface area contributed by atoms with Gasteiger partial charge in [0.15, 0.2) is 0 Å². The molecule has 24 heavy (non-hydrogen) atoms. The van der Waals surface area contributed by atoms with E-state index in [0.29, 0.717) is 16.5 Å². The number of carbonyl (C=O) groups excluding carboxylic acids is 1. The molecular formula is C18H17ClN2O3. The first kappa shape index (κ1) is 16.5. The summed E-state index contributed by atoms with van der Waals surface area (Å²) >= 11 is 5.95. The summed E-state index contributed by atoms with van der Waals surface area (Å²) in [5.74, 6) is 0.301. The molecule has 2 aromatic rings. The summed E-state index contributed by atoms with van der Waals surface area (Å²) in [6, 6.07) is 13.3. The van der Waals surface area contributed by atoms with Crippen LogP contribution in [-0.2, 0) is 0 Å². The van der Waals surface area contributed by atoms with Gasteiger partial charge in [0.1, 0.15) is 0 Å². The fourth-order valence-corrected chi connectivity index (χ4v) is 3.07. The van der Waals surface area contributed by atoms with Gasteiger partial charge >= 0.3 is 0 Å². The lowest BCUT2D eigenvalue weighted by Crippen LogP contribution is -2.32. The zero-order chi connectivity index (χ0) is 17.3. The molecule has 124 valence electrons. The van der Waals surface area contributed by atoms with E-state index < -0.39 is 4.92 Å². The van der Waals surface area contributed by atoms with Crippen LogP contribution >= 0.6 is 11.6 Å². The minimum absolute atomic E-state index is 0.00930. The van der Waals surface area contributed by atoms with Crippen LogP contribution in [0.25, 0.3) is 0 Å². The molecule has 0 radical (unpaired) electrons. The minimum Gasteiger partial charge on any atom is -0.334 e. The number of rotatable bonds is 5. The van der Waals surface area contributed by atoms with E-state index >= 15 is 0 Å². The molecule has 1 atom stereocenters. The molecule has 0 N–H and O–H groups in total. The van der Waals surface area contributed by atoms with Crippen molar-refractivity contribution in [1.82, 2.24) is 4.90 Å². The highest BCUT2D eigenvalue weighted by molar-refractivity contribution is 6.30. The van der Waals surface area contributed by atoms with E-state index in [4.69, 9.17) is 11.6 Å². The Labute approximate surface area is 145 Å². The molecule has 1 amide bonds. The Morgan fingerprint density at radius 2 is 1.75 bits per heavy atom. The molecule has 0 bridgehead atoms. The van der Waals surface area contributed by atoms with Crippen molar-refractivity contribution in [1.29, 1.82) is 0 Å². The molecule has 3 rings (SSSR count). The highest BCUT2D eigenvalue weighted by atomic mass is 35.5. The molecular weight excluding hydrogens is 328 g/mol. The molecule has 0 spiro atoms. The normalized spacial score (nSPS) is 14.9. The second-order valence-electron chi connectivity index (χ2n) is 6.05. The van der Waals surface area contributed by atoms with E-state index in [1.807, 2.05) is 24.3 Å². The van der Waals surface area contributed by atoms with Crippen molar-refractivity contribution in [3.63, 3.8) is 0 Å². The lowest BCUT2D eigenvalue weighted by molar-refractivity contribution is -0.384. The van der Waals surface area contributed by atoms with Gasteiger partial charge in [-0.2, -0.15) is 0 Å². The lowest BCUT2D eigenvalue weighted by atomic mass is 10.00. The van der Waals surface area contributed by atoms with Crippen LogP contribution in [0.1, 0.15) is 34.8 Å². The molecule has 0 aromatic heterocycles. The number of hydrogen-bond donors (Lipinski definition) is 0. The molecule has 1 aliphatic rings. The minimum atomic E-state index is -0.474. The Morgan fingerprint density at radius 3 is 2.25 bits per heavy atom. The second kappa shape index (κ2) is 6.61. The summed E-state index contributed by atoms with van der Waals surface area (Å²) in [7, 11) is 1.78. The van der Waals surface area contributed by atoms with Crippen LogP contribution in [0.5, 0.6) is 0 Å². The molecule has 1 fully saturated rings. The Hall–Kier alpha value is -2.40. The summed E-state index contributed by atoms with van der Waals surface area (Å²) in [5.41, 5.74) is 1.48. The number of benzene rings is 2. The van der Waals surface area contributed by atoms with Gasteiger partial charge in [-0.1, -0.05) is 23.7 Å². The fraction of sp³-hybridized carbons (Fsp3) is 0.278. The van der Waals surface area contributed by atoms with Crippen LogP contribution in [0.4, 0.5) is 5.69 Å². The maximum Gasteiger partial charge on any atom is 0.269 e. The number of nitro groups is 1. The van der Waals surface area contributed by atoms with Crippen LogP contribution in [0.3, 0.4) is 0 Å². The fourth-order valence-electron chi connectivity index (χ4n) is 2.94. The van der Waals surface area contributed by atoms with Gasteiger partial charge in [0.25, 0.3) is 11.6 Å². The van der Waals surface area contributed by atoms with E-state index in [1.54, 1.807) is 11.9 Å². The Bertz CT molecular complexity index is 755. The monoisotopic (exact) mass is 344 g/mol.